The standard InChI is InChI=1S/C14H15BrClNO6/c15-14(3-1-7-6(12(14)16)2-4-17-7)23-13-11(21)10(20)9(19)8(5-18)22-13/h1-4,8-11,13,18-21H,5H2/t8-,9+,10+,11-,13+,14?/m1/s1. The van der Waals surface area contributed by atoms with Gasteiger partial charge in [0.25, 0.3) is 0 Å². The summed E-state index contributed by atoms with van der Waals surface area (Å²) in [4.78, 5) is 4.13. The lowest BCUT2D eigenvalue weighted by atomic mass is 9.99. The summed E-state index contributed by atoms with van der Waals surface area (Å²) < 4.78 is 9.75. The van der Waals surface area contributed by atoms with Crippen LogP contribution in [0.3, 0.4) is 0 Å². The molecule has 3 rings (SSSR count). The van der Waals surface area contributed by atoms with E-state index in [9.17, 15) is 20.4 Å². The first-order chi connectivity index (χ1) is 10.9. The highest BCUT2D eigenvalue weighted by Crippen LogP contribution is 2.42. The van der Waals surface area contributed by atoms with Crippen LogP contribution in [0.25, 0.3) is 0 Å². The van der Waals surface area contributed by atoms with E-state index in [0.29, 0.717) is 11.3 Å². The van der Waals surface area contributed by atoms with Gasteiger partial charge in [0.15, 0.2) is 10.8 Å². The van der Waals surface area contributed by atoms with Gasteiger partial charge >= 0.3 is 0 Å². The number of aliphatic hydroxyl groups excluding tert-OH is 4. The predicted molar refractivity (Wildman–Crippen MR) is 85.1 cm³/mol. The van der Waals surface area contributed by atoms with Gasteiger partial charge in [-0.1, -0.05) is 11.6 Å². The van der Waals surface area contributed by atoms with E-state index in [0.717, 1.165) is 0 Å². The van der Waals surface area contributed by atoms with Crippen molar-refractivity contribution in [2.24, 2.45) is 4.99 Å². The molecule has 0 bridgehead atoms. The summed E-state index contributed by atoms with van der Waals surface area (Å²) in [5, 5.41) is 39.1. The normalized spacial score (nSPS) is 42.9. The van der Waals surface area contributed by atoms with Crippen LogP contribution in [-0.4, -0.2) is 68.0 Å². The molecular formula is C14H15BrClNO6. The minimum atomic E-state index is -1.52. The van der Waals surface area contributed by atoms with Crippen LogP contribution in [0.5, 0.6) is 0 Å². The van der Waals surface area contributed by atoms with Gasteiger partial charge in [-0.3, -0.25) is 4.99 Å². The molecule has 0 amide bonds. The van der Waals surface area contributed by atoms with E-state index in [1.54, 1.807) is 24.4 Å². The molecule has 2 aliphatic heterocycles. The van der Waals surface area contributed by atoms with E-state index >= 15 is 0 Å². The number of ether oxygens (including phenoxy) is 2. The highest BCUT2D eigenvalue weighted by atomic mass is 79.9. The number of fused-ring (bicyclic) bond motifs is 1. The second-order valence-electron chi connectivity index (χ2n) is 5.35. The van der Waals surface area contributed by atoms with E-state index < -0.39 is 41.8 Å². The Balaban J connectivity index is 1.83. The summed E-state index contributed by atoms with van der Waals surface area (Å²) in [6, 6.07) is 0. The van der Waals surface area contributed by atoms with Gasteiger partial charge in [0, 0.05) is 11.8 Å². The number of hydrogen-bond acceptors (Lipinski definition) is 7. The monoisotopic (exact) mass is 407 g/mol. The zero-order valence-electron chi connectivity index (χ0n) is 11.7. The number of rotatable bonds is 3. The Labute approximate surface area is 145 Å². The van der Waals surface area contributed by atoms with Crippen LogP contribution in [-0.2, 0) is 9.47 Å². The zero-order valence-corrected chi connectivity index (χ0v) is 14.1. The van der Waals surface area contributed by atoms with Crippen LogP contribution in [0.4, 0.5) is 0 Å². The smallest absolute Gasteiger partial charge is 0.189 e. The van der Waals surface area contributed by atoms with E-state index in [4.69, 9.17) is 21.1 Å². The molecule has 1 fully saturated rings. The van der Waals surface area contributed by atoms with Crippen LogP contribution in [0, 0.1) is 0 Å². The first-order valence-corrected chi connectivity index (χ1v) is 8.06. The van der Waals surface area contributed by atoms with Crippen molar-refractivity contribution in [1.29, 1.82) is 0 Å². The van der Waals surface area contributed by atoms with Gasteiger partial charge in [-0.25, -0.2) is 0 Å². The molecule has 1 aliphatic carbocycles. The van der Waals surface area contributed by atoms with Crippen molar-refractivity contribution in [3.05, 3.63) is 35.0 Å². The Morgan fingerprint density at radius 3 is 2.70 bits per heavy atom. The van der Waals surface area contributed by atoms with Crippen molar-refractivity contribution in [3.63, 3.8) is 0 Å². The molecule has 2 heterocycles. The van der Waals surface area contributed by atoms with Gasteiger partial charge in [-0.05, 0) is 34.2 Å². The summed E-state index contributed by atoms with van der Waals surface area (Å²) in [6.45, 7) is -0.537. The number of halogens is 2. The maximum atomic E-state index is 10.1. The molecule has 0 aromatic carbocycles. The molecule has 0 aromatic heterocycles. The molecule has 9 heteroatoms. The lowest BCUT2D eigenvalue weighted by Gasteiger charge is -2.42. The van der Waals surface area contributed by atoms with Crippen LogP contribution in [0.2, 0.25) is 0 Å². The average Bonchev–Trinajstić information content (AvgIpc) is 3.01. The second-order valence-corrected chi connectivity index (χ2v) is 6.91. The first-order valence-electron chi connectivity index (χ1n) is 6.89. The van der Waals surface area contributed by atoms with Gasteiger partial charge in [-0.15, -0.1) is 0 Å². The molecule has 0 spiro atoms. The van der Waals surface area contributed by atoms with Gasteiger partial charge in [-0.2, -0.15) is 0 Å². The minimum absolute atomic E-state index is 0.282. The fourth-order valence-electron chi connectivity index (χ4n) is 2.53. The van der Waals surface area contributed by atoms with E-state index in [2.05, 4.69) is 20.9 Å². The van der Waals surface area contributed by atoms with Crippen LogP contribution >= 0.6 is 27.5 Å². The van der Waals surface area contributed by atoms with Crippen molar-refractivity contribution < 1.29 is 29.9 Å². The van der Waals surface area contributed by atoms with Crippen molar-refractivity contribution >= 4 is 33.2 Å². The predicted octanol–water partition coefficient (Wildman–Crippen LogP) is -0.0749. The molecule has 4 N–H and O–H groups in total. The summed E-state index contributed by atoms with van der Waals surface area (Å²) in [7, 11) is 0. The average molecular weight is 409 g/mol. The summed E-state index contributed by atoms with van der Waals surface area (Å²) in [6.07, 6.45) is -0.258. The van der Waals surface area contributed by atoms with Gasteiger partial charge in [0.2, 0.25) is 0 Å². The molecule has 0 radical (unpaired) electrons. The van der Waals surface area contributed by atoms with Gasteiger partial charge in [0.05, 0.1) is 17.4 Å². The van der Waals surface area contributed by atoms with Crippen molar-refractivity contribution in [3.8, 4) is 0 Å². The molecule has 23 heavy (non-hydrogen) atoms. The number of nitrogens with zero attached hydrogens (tertiary/aromatic N) is 1. The van der Waals surface area contributed by atoms with Gasteiger partial charge < -0.3 is 29.9 Å². The molecule has 3 aliphatic rings. The van der Waals surface area contributed by atoms with E-state index in [1.807, 2.05) is 0 Å². The quantitative estimate of drug-likeness (QED) is 0.486. The Kier molecular flexibility index (Phi) is 4.78. The highest BCUT2D eigenvalue weighted by Gasteiger charge is 2.48. The van der Waals surface area contributed by atoms with Crippen molar-refractivity contribution in [2.75, 3.05) is 6.61 Å². The number of aliphatic imine (C=N–C) groups is 1. The van der Waals surface area contributed by atoms with Crippen LogP contribution in [0.1, 0.15) is 0 Å². The lowest BCUT2D eigenvalue weighted by molar-refractivity contribution is -0.307. The summed E-state index contributed by atoms with van der Waals surface area (Å²) >= 11 is 9.71. The van der Waals surface area contributed by atoms with E-state index in [1.165, 1.54) is 0 Å². The highest BCUT2D eigenvalue weighted by molar-refractivity contribution is 9.10. The molecule has 1 saturated heterocycles. The molecule has 7 nitrogen and oxygen atoms in total. The van der Waals surface area contributed by atoms with Crippen molar-refractivity contribution in [1.82, 2.24) is 0 Å². The first kappa shape index (κ1) is 17.2. The second kappa shape index (κ2) is 6.38. The third kappa shape index (κ3) is 2.94. The summed E-state index contributed by atoms with van der Waals surface area (Å²) in [5.74, 6) is 0. The SMILES string of the molecule is OC[C@H]1O[C@@H](OC2(Br)C=CC3=NC=CC3=C2Cl)[C@H](O)[C@@H](O)[C@H]1O. The van der Waals surface area contributed by atoms with Crippen LogP contribution in [0.15, 0.2) is 40.0 Å². The third-order valence-corrected chi connectivity index (χ3v) is 5.42. The molecular weight excluding hydrogens is 394 g/mol. The Bertz CT molecular complexity index is 618. The molecule has 0 saturated carbocycles. The Morgan fingerprint density at radius 1 is 1.26 bits per heavy atom. The molecule has 6 atom stereocenters. The zero-order chi connectivity index (χ0) is 16.8. The van der Waals surface area contributed by atoms with Crippen molar-refractivity contribution in [2.45, 2.75) is 35.2 Å². The van der Waals surface area contributed by atoms with Gasteiger partial charge in [0.1, 0.15) is 24.4 Å². The number of allylic oxidation sites excluding steroid dienone is 3. The number of alkyl halides is 1. The molecule has 0 aromatic rings. The Hall–Kier alpha value is -0.580. The maximum Gasteiger partial charge on any atom is 0.189 e. The molecule has 126 valence electrons. The maximum absolute atomic E-state index is 10.1. The lowest BCUT2D eigenvalue weighted by Crippen LogP contribution is -2.60. The fraction of sp³-hybridized carbons (Fsp3) is 0.500. The third-order valence-electron chi connectivity index (χ3n) is 3.86. The number of hydrogen-bond donors (Lipinski definition) is 4. The Morgan fingerprint density at radius 2 is 2.00 bits per heavy atom. The molecule has 1 unspecified atom stereocenters. The topological polar surface area (TPSA) is 112 Å². The number of aliphatic hydroxyl groups is 4. The minimum Gasteiger partial charge on any atom is -0.394 e. The van der Waals surface area contributed by atoms with Crippen LogP contribution < -0.4 is 0 Å². The summed E-state index contributed by atoms with van der Waals surface area (Å²) in [5.41, 5.74) is 1.35. The van der Waals surface area contributed by atoms with E-state index in [-0.39, 0.29) is 5.03 Å². The fourth-order valence-corrected chi connectivity index (χ4v) is 3.33. The largest absolute Gasteiger partial charge is 0.394 e.